The lowest BCUT2D eigenvalue weighted by Gasteiger charge is -2.12. The Labute approximate surface area is 147 Å². The standard InChI is InChI=1S/C16H16ClF3N4O/c1-3-9(2)23-15-21-7-10(8-22-15)14(25)24-11-4-5-13(17)12(6-11)16(18,19)20/h4-9H,3H2,1-2H3,(H,24,25)(H,21,22,23). The molecule has 2 N–H and O–H groups in total. The fraction of sp³-hybridized carbons (Fsp3) is 0.312. The zero-order chi connectivity index (χ0) is 18.6. The Morgan fingerprint density at radius 2 is 1.92 bits per heavy atom. The monoisotopic (exact) mass is 372 g/mol. The number of carbonyl (C=O) groups excluding carboxylic acids is 1. The van der Waals surface area contributed by atoms with Gasteiger partial charge < -0.3 is 10.6 Å². The molecule has 0 bridgehead atoms. The number of amides is 1. The van der Waals surface area contributed by atoms with Crippen LogP contribution in [0.2, 0.25) is 5.02 Å². The molecule has 0 aliphatic rings. The van der Waals surface area contributed by atoms with Gasteiger partial charge in [0.05, 0.1) is 16.1 Å². The molecule has 0 aliphatic heterocycles. The first-order valence-corrected chi connectivity index (χ1v) is 7.85. The van der Waals surface area contributed by atoms with Gasteiger partial charge in [-0.25, -0.2) is 9.97 Å². The van der Waals surface area contributed by atoms with Crippen LogP contribution in [0.3, 0.4) is 0 Å². The molecule has 0 saturated heterocycles. The Morgan fingerprint density at radius 3 is 2.48 bits per heavy atom. The molecule has 2 rings (SSSR count). The van der Waals surface area contributed by atoms with E-state index in [4.69, 9.17) is 11.6 Å². The minimum atomic E-state index is -4.61. The summed E-state index contributed by atoms with van der Waals surface area (Å²) in [6, 6.07) is 3.32. The van der Waals surface area contributed by atoms with Crippen LogP contribution >= 0.6 is 11.6 Å². The van der Waals surface area contributed by atoms with E-state index < -0.39 is 22.7 Å². The van der Waals surface area contributed by atoms with Crippen molar-refractivity contribution in [1.82, 2.24) is 9.97 Å². The molecule has 1 amide bonds. The lowest BCUT2D eigenvalue weighted by atomic mass is 10.2. The van der Waals surface area contributed by atoms with E-state index in [2.05, 4.69) is 20.6 Å². The summed E-state index contributed by atoms with van der Waals surface area (Å²) < 4.78 is 38.5. The maximum atomic E-state index is 12.8. The Kier molecular flexibility index (Phi) is 5.84. The van der Waals surface area contributed by atoms with Gasteiger partial charge in [-0.3, -0.25) is 4.79 Å². The second-order valence-electron chi connectivity index (χ2n) is 5.40. The molecule has 5 nitrogen and oxygen atoms in total. The molecule has 2 aromatic rings. The average molecular weight is 373 g/mol. The topological polar surface area (TPSA) is 66.9 Å². The lowest BCUT2D eigenvalue weighted by molar-refractivity contribution is -0.137. The Balaban J connectivity index is 2.12. The molecule has 1 heterocycles. The maximum Gasteiger partial charge on any atom is 0.417 e. The number of nitrogens with one attached hydrogen (secondary N) is 2. The van der Waals surface area contributed by atoms with Crippen molar-refractivity contribution in [3.05, 3.63) is 46.7 Å². The largest absolute Gasteiger partial charge is 0.417 e. The van der Waals surface area contributed by atoms with E-state index in [1.165, 1.54) is 18.5 Å². The van der Waals surface area contributed by atoms with Crippen LogP contribution in [-0.4, -0.2) is 21.9 Å². The molecule has 0 fully saturated rings. The van der Waals surface area contributed by atoms with Crippen LogP contribution in [0.1, 0.15) is 36.2 Å². The summed E-state index contributed by atoms with van der Waals surface area (Å²) in [5.74, 6) is -0.248. The average Bonchev–Trinajstić information content (AvgIpc) is 2.56. The van der Waals surface area contributed by atoms with Crippen molar-refractivity contribution in [1.29, 1.82) is 0 Å². The normalized spacial score (nSPS) is 12.6. The Bertz CT molecular complexity index is 750. The van der Waals surface area contributed by atoms with E-state index in [-0.39, 0.29) is 17.3 Å². The van der Waals surface area contributed by atoms with Crippen LogP contribution in [0, 0.1) is 0 Å². The number of rotatable bonds is 5. The van der Waals surface area contributed by atoms with Gasteiger partial charge in [0.1, 0.15) is 0 Å². The molecular formula is C16H16ClF3N4O. The fourth-order valence-electron chi connectivity index (χ4n) is 1.87. The highest BCUT2D eigenvalue weighted by Crippen LogP contribution is 2.36. The summed E-state index contributed by atoms with van der Waals surface area (Å²) in [5.41, 5.74) is -0.918. The van der Waals surface area contributed by atoms with E-state index in [1.54, 1.807) is 0 Å². The molecule has 1 aromatic heterocycles. The maximum absolute atomic E-state index is 12.8. The van der Waals surface area contributed by atoms with Gasteiger partial charge in [0.15, 0.2) is 0 Å². The summed E-state index contributed by atoms with van der Waals surface area (Å²) in [6.45, 7) is 3.96. The molecule has 134 valence electrons. The summed E-state index contributed by atoms with van der Waals surface area (Å²) in [5, 5.41) is 4.98. The number of nitrogens with zero attached hydrogens (tertiary/aromatic N) is 2. The highest BCUT2D eigenvalue weighted by atomic mass is 35.5. The smallest absolute Gasteiger partial charge is 0.352 e. The van der Waals surface area contributed by atoms with E-state index >= 15 is 0 Å². The second-order valence-corrected chi connectivity index (χ2v) is 5.80. The lowest BCUT2D eigenvalue weighted by Crippen LogP contribution is -2.17. The van der Waals surface area contributed by atoms with Crippen molar-refractivity contribution in [2.75, 3.05) is 10.6 Å². The van der Waals surface area contributed by atoms with Gasteiger partial charge in [-0.1, -0.05) is 18.5 Å². The number of alkyl halides is 3. The SMILES string of the molecule is CCC(C)Nc1ncc(C(=O)Nc2ccc(Cl)c(C(F)(F)F)c2)cn1. The first-order valence-electron chi connectivity index (χ1n) is 7.47. The molecule has 0 aliphatic carbocycles. The third-order valence-electron chi connectivity index (χ3n) is 3.43. The number of hydrogen-bond donors (Lipinski definition) is 2. The highest BCUT2D eigenvalue weighted by molar-refractivity contribution is 6.31. The van der Waals surface area contributed by atoms with Gasteiger partial charge in [0.25, 0.3) is 5.91 Å². The Hall–Kier alpha value is -2.35. The summed E-state index contributed by atoms with van der Waals surface area (Å²) in [7, 11) is 0. The van der Waals surface area contributed by atoms with Crippen molar-refractivity contribution in [3.8, 4) is 0 Å². The minimum absolute atomic E-state index is 0.0245. The van der Waals surface area contributed by atoms with Crippen molar-refractivity contribution in [3.63, 3.8) is 0 Å². The van der Waals surface area contributed by atoms with Gasteiger partial charge in [-0.15, -0.1) is 0 Å². The summed E-state index contributed by atoms with van der Waals surface area (Å²) in [6.07, 6.45) is -1.13. The highest BCUT2D eigenvalue weighted by Gasteiger charge is 2.33. The third kappa shape index (κ3) is 5.06. The van der Waals surface area contributed by atoms with Crippen molar-refractivity contribution in [2.24, 2.45) is 0 Å². The number of aromatic nitrogens is 2. The van der Waals surface area contributed by atoms with E-state index in [1.807, 2.05) is 13.8 Å². The zero-order valence-corrected chi connectivity index (χ0v) is 14.2. The predicted octanol–water partition coefficient (Wildman–Crippen LogP) is 4.61. The third-order valence-corrected chi connectivity index (χ3v) is 3.76. The summed E-state index contributed by atoms with van der Waals surface area (Å²) >= 11 is 5.55. The van der Waals surface area contributed by atoms with Gasteiger partial charge >= 0.3 is 6.18 Å². The first-order chi connectivity index (χ1) is 11.7. The van der Waals surface area contributed by atoms with Gasteiger partial charge in [0, 0.05) is 24.1 Å². The van der Waals surface area contributed by atoms with Gasteiger partial charge in [-0.05, 0) is 31.5 Å². The molecule has 1 aromatic carbocycles. The number of benzene rings is 1. The molecule has 1 unspecified atom stereocenters. The number of hydrogen-bond acceptors (Lipinski definition) is 4. The molecule has 0 spiro atoms. The molecule has 25 heavy (non-hydrogen) atoms. The van der Waals surface area contributed by atoms with Crippen LogP contribution in [0.25, 0.3) is 0 Å². The number of anilines is 2. The zero-order valence-electron chi connectivity index (χ0n) is 13.5. The van der Waals surface area contributed by atoms with Gasteiger partial charge in [-0.2, -0.15) is 13.2 Å². The van der Waals surface area contributed by atoms with Gasteiger partial charge in [0.2, 0.25) is 5.95 Å². The molecule has 0 radical (unpaired) electrons. The van der Waals surface area contributed by atoms with Crippen LogP contribution in [0.15, 0.2) is 30.6 Å². The van der Waals surface area contributed by atoms with E-state index in [0.29, 0.717) is 5.95 Å². The quantitative estimate of drug-likeness (QED) is 0.804. The second kappa shape index (κ2) is 7.69. The van der Waals surface area contributed by atoms with Crippen LogP contribution in [-0.2, 0) is 6.18 Å². The molecule has 9 heteroatoms. The van der Waals surface area contributed by atoms with Crippen molar-refractivity contribution in [2.45, 2.75) is 32.5 Å². The minimum Gasteiger partial charge on any atom is -0.352 e. The molecular weight excluding hydrogens is 357 g/mol. The predicted molar refractivity (Wildman–Crippen MR) is 89.8 cm³/mol. The van der Waals surface area contributed by atoms with Crippen LogP contribution in [0.4, 0.5) is 24.8 Å². The first kappa shape index (κ1) is 19.0. The van der Waals surface area contributed by atoms with Crippen molar-refractivity contribution < 1.29 is 18.0 Å². The summed E-state index contributed by atoms with van der Waals surface area (Å²) in [4.78, 5) is 20.2. The molecule has 1 atom stereocenters. The number of halogens is 4. The molecule has 0 saturated carbocycles. The van der Waals surface area contributed by atoms with E-state index in [0.717, 1.165) is 18.6 Å². The van der Waals surface area contributed by atoms with Crippen LogP contribution < -0.4 is 10.6 Å². The fourth-order valence-corrected chi connectivity index (χ4v) is 2.09. The Morgan fingerprint density at radius 1 is 1.28 bits per heavy atom. The number of carbonyl (C=O) groups is 1. The van der Waals surface area contributed by atoms with Crippen molar-refractivity contribution >= 4 is 29.1 Å². The van der Waals surface area contributed by atoms with E-state index in [9.17, 15) is 18.0 Å². The van der Waals surface area contributed by atoms with Crippen LogP contribution in [0.5, 0.6) is 0 Å².